The molecule has 6 nitrogen and oxygen atoms in total. The number of hydrogen-bond acceptors (Lipinski definition) is 4. The van der Waals surface area contributed by atoms with E-state index in [1.807, 2.05) is 20.8 Å². The van der Waals surface area contributed by atoms with Crippen LogP contribution in [0.3, 0.4) is 0 Å². The fourth-order valence-electron chi connectivity index (χ4n) is 2.80. The van der Waals surface area contributed by atoms with Gasteiger partial charge in [-0.2, -0.15) is 9.61 Å². The van der Waals surface area contributed by atoms with Gasteiger partial charge in [-0.1, -0.05) is 23.8 Å². The molecule has 1 amide bonds. The summed E-state index contributed by atoms with van der Waals surface area (Å²) >= 11 is 0. The Morgan fingerprint density at radius 1 is 1.33 bits per heavy atom. The Labute approximate surface area is 141 Å². The Hall–Kier alpha value is -2.83. The first-order valence-corrected chi connectivity index (χ1v) is 7.76. The molecule has 2 aromatic heterocycles. The summed E-state index contributed by atoms with van der Waals surface area (Å²) in [5, 5.41) is 17.3. The normalized spacial score (nSPS) is 11.0. The standard InChI is InChI=1S/C17H19BN4O2/c1-9-4-5-10(2)12(6-9)7-13-11(3)20-15-14(16(23)21-18)8-19-22(15)17(13)24/h4-6,8,24H,7,18H2,1-3H3,(H,21,23). The van der Waals surface area contributed by atoms with E-state index in [1.54, 1.807) is 7.98 Å². The monoisotopic (exact) mass is 322 g/mol. The van der Waals surface area contributed by atoms with Gasteiger partial charge in [-0.15, -0.1) is 0 Å². The smallest absolute Gasteiger partial charge is 0.244 e. The van der Waals surface area contributed by atoms with E-state index in [4.69, 9.17) is 0 Å². The van der Waals surface area contributed by atoms with Gasteiger partial charge in [-0.25, -0.2) is 4.98 Å². The van der Waals surface area contributed by atoms with Gasteiger partial charge in [0, 0.05) is 17.7 Å². The van der Waals surface area contributed by atoms with E-state index < -0.39 is 0 Å². The Bertz CT molecular complexity index is 949. The molecule has 0 radical (unpaired) electrons. The number of benzene rings is 1. The fourth-order valence-corrected chi connectivity index (χ4v) is 2.80. The van der Waals surface area contributed by atoms with E-state index in [0.717, 1.165) is 11.1 Å². The Balaban J connectivity index is 2.13. The van der Waals surface area contributed by atoms with Gasteiger partial charge in [0.05, 0.1) is 6.20 Å². The summed E-state index contributed by atoms with van der Waals surface area (Å²) in [6, 6.07) is 6.24. The van der Waals surface area contributed by atoms with Crippen LogP contribution in [0.4, 0.5) is 0 Å². The molecule has 3 rings (SSSR count). The number of hydrogen-bond donors (Lipinski definition) is 2. The molecule has 0 saturated carbocycles. The molecule has 2 N–H and O–H groups in total. The van der Waals surface area contributed by atoms with Gasteiger partial charge < -0.3 is 10.3 Å². The highest BCUT2D eigenvalue weighted by Crippen LogP contribution is 2.26. The highest BCUT2D eigenvalue weighted by Gasteiger charge is 2.19. The first kappa shape index (κ1) is 16.0. The van der Waals surface area contributed by atoms with Crippen LogP contribution >= 0.6 is 0 Å². The average molecular weight is 322 g/mol. The molecule has 0 spiro atoms. The van der Waals surface area contributed by atoms with E-state index in [0.29, 0.717) is 28.9 Å². The lowest BCUT2D eigenvalue weighted by atomic mass is 9.98. The molecule has 122 valence electrons. The van der Waals surface area contributed by atoms with E-state index in [2.05, 4.69) is 33.5 Å². The van der Waals surface area contributed by atoms with Crippen molar-refractivity contribution in [2.24, 2.45) is 0 Å². The Morgan fingerprint density at radius 3 is 2.79 bits per heavy atom. The summed E-state index contributed by atoms with van der Waals surface area (Å²) in [4.78, 5) is 16.4. The van der Waals surface area contributed by atoms with Crippen LogP contribution in [0.25, 0.3) is 5.65 Å². The fraction of sp³-hybridized carbons (Fsp3) is 0.235. The minimum absolute atomic E-state index is 0.0218. The first-order chi connectivity index (χ1) is 11.4. The van der Waals surface area contributed by atoms with Crippen LogP contribution in [0.15, 0.2) is 24.4 Å². The van der Waals surface area contributed by atoms with Crippen molar-refractivity contribution in [2.45, 2.75) is 27.2 Å². The second-order valence-electron chi connectivity index (χ2n) is 5.98. The van der Waals surface area contributed by atoms with E-state index in [-0.39, 0.29) is 11.8 Å². The van der Waals surface area contributed by atoms with Gasteiger partial charge in [0.2, 0.25) is 19.8 Å². The maximum atomic E-state index is 11.9. The number of nitrogens with one attached hydrogen (secondary N) is 1. The predicted octanol–water partition coefficient (Wildman–Crippen LogP) is 1.23. The lowest BCUT2D eigenvalue weighted by Crippen LogP contribution is -2.19. The molecule has 0 bridgehead atoms. The van der Waals surface area contributed by atoms with Gasteiger partial charge >= 0.3 is 0 Å². The van der Waals surface area contributed by atoms with Crippen LogP contribution in [0.2, 0.25) is 0 Å². The van der Waals surface area contributed by atoms with Crippen molar-refractivity contribution < 1.29 is 9.90 Å². The molecule has 1 aromatic carbocycles. The molecular weight excluding hydrogens is 303 g/mol. The molecule has 3 aromatic rings. The van der Waals surface area contributed by atoms with Crippen LogP contribution in [0.5, 0.6) is 5.88 Å². The number of rotatable bonds is 3. The van der Waals surface area contributed by atoms with Crippen molar-refractivity contribution in [2.75, 3.05) is 0 Å². The predicted molar refractivity (Wildman–Crippen MR) is 94.1 cm³/mol. The van der Waals surface area contributed by atoms with Gasteiger partial charge in [0.15, 0.2) is 5.65 Å². The van der Waals surface area contributed by atoms with Crippen LogP contribution in [-0.4, -0.2) is 33.6 Å². The van der Waals surface area contributed by atoms with E-state index >= 15 is 0 Å². The molecule has 0 aliphatic rings. The minimum atomic E-state index is -0.279. The third kappa shape index (κ3) is 2.62. The van der Waals surface area contributed by atoms with Crippen molar-refractivity contribution in [3.63, 3.8) is 0 Å². The molecule has 0 aliphatic heterocycles. The molecule has 0 saturated heterocycles. The van der Waals surface area contributed by atoms with Gasteiger partial charge in [0.1, 0.15) is 5.56 Å². The zero-order valence-corrected chi connectivity index (χ0v) is 14.2. The molecule has 2 heterocycles. The summed E-state index contributed by atoms with van der Waals surface area (Å²) < 4.78 is 1.32. The van der Waals surface area contributed by atoms with Gasteiger partial charge in [-0.05, 0) is 31.9 Å². The molecule has 0 fully saturated rings. The third-order valence-electron chi connectivity index (χ3n) is 4.27. The second kappa shape index (κ2) is 6.00. The Kier molecular flexibility index (Phi) is 4.01. The first-order valence-electron chi connectivity index (χ1n) is 7.76. The molecule has 7 heteroatoms. The van der Waals surface area contributed by atoms with Crippen molar-refractivity contribution in [1.82, 2.24) is 19.8 Å². The quantitative estimate of drug-likeness (QED) is 0.711. The molecule has 24 heavy (non-hydrogen) atoms. The number of carbonyl (C=O) groups excluding carboxylic acids is 1. The van der Waals surface area contributed by atoms with Crippen LogP contribution in [0.1, 0.15) is 38.3 Å². The summed E-state index contributed by atoms with van der Waals surface area (Å²) in [7, 11) is 1.55. The second-order valence-corrected chi connectivity index (χ2v) is 5.98. The summed E-state index contributed by atoms with van der Waals surface area (Å²) in [5.74, 6) is -0.257. The SMILES string of the molecule is BNC(=O)c1cnn2c(O)c(Cc3cc(C)ccc3C)c(C)nc12. The maximum absolute atomic E-state index is 11.9. The molecule has 0 aliphatic carbocycles. The minimum Gasteiger partial charge on any atom is -0.493 e. The van der Waals surface area contributed by atoms with Crippen molar-refractivity contribution in [3.8, 4) is 5.88 Å². The molecule has 0 atom stereocenters. The van der Waals surface area contributed by atoms with Crippen LogP contribution in [0, 0.1) is 20.8 Å². The highest BCUT2D eigenvalue weighted by molar-refractivity contribution is 6.19. The van der Waals surface area contributed by atoms with Crippen molar-refractivity contribution in [3.05, 3.63) is 57.9 Å². The van der Waals surface area contributed by atoms with Crippen LogP contribution < -0.4 is 5.23 Å². The molecular formula is C17H19BN4O2. The van der Waals surface area contributed by atoms with Crippen molar-refractivity contribution >= 4 is 19.5 Å². The number of amides is 1. The maximum Gasteiger partial charge on any atom is 0.244 e. The topological polar surface area (TPSA) is 79.5 Å². The lowest BCUT2D eigenvalue weighted by Gasteiger charge is -2.12. The molecule has 0 unspecified atom stereocenters. The van der Waals surface area contributed by atoms with E-state index in [9.17, 15) is 9.90 Å². The summed E-state index contributed by atoms with van der Waals surface area (Å²) in [5.41, 5.74) is 5.56. The van der Waals surface area contributed by atoms with Gasteiger partial charge in [0.25, 0.3) is 0 Å². The number of fused-ring (bicyclic) bond motifs is 1. The Morgan fingerprint density at radius 2 is 2.08 bits per heavy atom. The number of aryl methyl sites for hydroxylation is 3. The highest BCUT2D eigenvalue weighted by atomic mass is 16.3. The zero-order chi connectivity index (χ0) is 17.4. The zero-order valence-electron chi connectivity index (χ0n) is 14.2. The van der Waals surface area contributed by atoms with Crippen molar-refractivity contribution in [1.29, 1.82) is 0 Å². The van der Waals surface area contributed by atoms with Crippen LogP contribution in [-0.2, 0) is 6.42 Å². The van der Waals surface area contributed by atoms with Gasteiger partial charge in [-0.3, -0.25) is 4.79 Å². The summed E-state index contributed by atoms with van der Waals surface area (Å²) in [6.45, 7) is 5.92. The van der Waals surface area contributed by atoms with E-state index in [1.165, 1.54) is 16.3 Å². The number of nitrogens with zero attached hydrogens (tertiary/aromatic N) is 3. The largest absolute Gasteiger partial charge is 0.493 e. The number of aromatic nitrogens is 3. The summed E-state index contributed by atoms with van der Waals surface area (Å²) in [6.07, 6.45) is 1.98. The number of carbonyl (C=O) groups is 1. The average Bonchev–Trinajstić information content (AvgIpc) is 2.97. The lowest BCUT2D eigenvalue weighted by molar-refractivity contribution is 0.0983. The number of aromatic hydroxyl groups is 1. The third-order valence-corrected chi connectivity index (χ3v) is 4.27.